The summed E-state index contributed by atoms with van der Waals surface area (Å²) in [4.78, 5) is 10.5. The molecular weight excluding hydrogens is 132 g/mol. The Hall–Kier alpha value is -1.01. The van der Waals surface area contributed by atoms with E-state index in [-0.39, 0.29) is 12.4 Å². The standard InChI is InChI=1S/C7H8O3/c1-2-3-6-5(8)4-7(9)10-6/h1,5-6,8H,3-4H2/t5-,6-/m1/s1. The molecule has 0 aromatic carbocycles. The summed E-state index contributed by atoms with van der Waals surface area (Å²) >= 11 is 0. The van der Waals surface area contributed by atoms with Gasteiger partial charge in [-0.25, -0.2) is 0 Å². The summed E-state index contributed by atoms with van der Waals surface area (Å²) in [5.41, 5.74) is 0. The van der Waals surface area contributed by atoms with Gasteiger partial charge in [0.05, 0.1) is 6.42 Å². The molecule has 0 amide bonds. The maximum atomic E-state index is 10.5. The second-order valence-corrected chi connectivity index (χ2v) is 2.21. The van der Waals surface area contributed by atoms with Gasteiger partial charge in [0.25, 0.3) is 0 Å². The molecule has 3 heteroatoms. The summed E-state index contributed by atoms with van der Waals surface area (Å²) in [5, 5.41) is 9.05. The topological polar surface area (TPSA) is 46.5 Å². The van der Waals surface area contributed by atoms with Gasteiger partial charge in [-0.3, -0.25) is 4.79 Å². The summed E-state index contributed by atoms with van der Waals surface area (Å²) < 4.78 is 4.68. The molecule has 0 radical (unpaired) electrons. The number of hydrogen-bond donors (Lipinski definition) is 1. The van der Waals surface area contributed by atoms with E-state index in [9.17, 15) is 4.79 Å². The average Bonchev–Trinajstić information content (AvgIpc) is 2.13. The van der Waals surface area contributed by atoms with Gasteiger partial charge in [-0.2, -0.15) is 0 Å². The molecule has 1 rings (SSSR count). The van der Waals surface area contributed by atoms with Crippen molar-refractivity contribution in [2.45, 2.75) is 25.0 Å². The summed E-state index contributed by atoms with van der Waals surface area (Å²) in [7, 11) is 0. The highest BCUT2D eigenvalue weighted by Crippen LogP contribution is 2.16. The number of esters is 1. The number of cyclic esters (lactones) is 1. The lowest BCUT2D eigenvalue weighted by atomic mass is 10.1. The minimum atomic E-state index is -0.705. The fourth-order valence-corrected chi connectivity index (χ4v) is 0.892. The predicted octanol–water partition coefficient (Wildman–Crippen LogP) is -0.314. The highest BCUT2D eigenvalue weighted by molar-refractivity contribution is 5.72. The van der Waals surface area contributed by atoms with Crippen molar-refractivity contribution in [3.8, 4) is 12.3 Å². The Morgan fingerprint density at radius 3 is 3.00 bits per heavy atom. The highest BCUT2D eigenvalue weighted by atomic mass is 16.6. The van der Waals surface area contributed by atoms with Crippen LogP contribution in [0.5, 0.6) is 0 Å². The van der Waals surface area contributed by atoms with Crippen LogP contribution in [0, 0.1) is 12.3 Å². The van der Waals surface area contributed by atoms with Crippen molar-refractivity contribution >= 4 is 5.97 Å². The third-order valence-electron chi connectivity index (χ3n) is 1.41. The number of aliphatic hydroxyl groups is 1. The van der Waals surface area contributed by atoms with Crippen molar-refractivity contribution in [2.75, 3.05) is 0 Å². The van der Waals surface area contributed by atoms with E-state index >= 15 is 0 Å². The monoisotopic (exact) mass is 140 g/mol. The van der Waals surface area contributed by atoms with E-state index in [0.29, 0.717) is 6.42 Å². The van der Waals surface area contributed by atoms with E-state index in [4.69, 9.17) is 11.5 Å². The van der Waals surface area contributed by atoms with Gasteiger partial charge >= 0.3 is 5.97 Å². The lowest BCUT2D eigenvalue weighted by Gasteiger charge is -2.07. The third kappa shape index (κ3) is 1.28. The van der Waals surface area contributed by atoms with Crippen LogP contribution in [0.1, 0.15) is 12.8 Å². The van der Waals surface area contributed by atoms with Gasteiger partial charge in [0.1, 0.15) is 12.2 Å². The minimum Gasteiger partial charge on any atom is -0.458 e. The lowest BCUT2D eigenvalue weighted by molar-refractivity contribution is -0.141. The number of carbonyl (C=O) groups excluding carboxylic acids is 1. The smallest absolute Gasteiger partial charge is 0.308 e. The molecule has 0 saturated carbocycles. The van der Waals surface area contributed by atoms with Gasteiger partial charge in [0.2, 0.25) is 0 Å². The second-order valence-electron chi connectivity index (χ2n) is 2.21. The molecule has 3 nitrogen and oxygen atoms in total. The Labute approximate surface area is 59.0 Å². The van der Waals surface area contributed by atoms with E-state index in [0.717, 1.165) is 0 Å². The first-order valence-corrected chi connectivity index (χ1v) is 3.05. The molecule has 0 aromatic rings. The van der Waals surface area contributed by atoms with Crippen LogP contribution in [-0.2, 0) is 9.53 Å². The van der Waals surface area contributed by atoms with Crippen molar-refractivity contribution in [1.82, 2.24) is 0 Å². The predicted molar refractivity (Wildman–Crippen MR) is 34.0 cm³/mol. The maximum Gasteiger partial charge on any atom is 0.308 e. The van der Waals surface area contributed by atoms with Crippen LogP contribution in [0.4, 0.5) is 0 Å². The molecular formula is C7H8O3. The fourth-order valence-electron chi connectivity index (χ4n) is 0.892. The SMILES string of the molecule is C#CC[C@H]1OC(=O)C[C@H]1O. The van der Waals surface area contributed by atoms with Gasteiger partial charge in [-0.05, 0) is 0 Å². The Balaban J connectivity index is 2.48. The lowest BCUT2D eigenvalue weighted by Crippen LogP contribution is -2.19. The zero-order chi connectivity index (χ0) is 7.56. The molecule has 10 heavy (non-hydrogen) atoms. The molecule has 0 spiro atoms. The van der Waals surface area contributed by atoms with Gasteiger partial charge in [-0.15, -0.1) is 12.3 Å². The molecule has 0 unspecified atom stereocenters. The van der Waals surface area contributed by atoms with Crippen LogP contribution in [0.25, 0.3) is 0 Å². The van der Waals surface area contributed by atoms with Crippen molar-refractivity contribution in [3.63, 3.8) is 0 Å². The number of ether oxygens (including phenoxy) is 1. The highest BCUT2D eigenvalue weighted by Gasteiger charge is 2.32. The quantitative estimate of drug-likeness (QED) is 0.401. The van der Waals surface area contributed by atoms with Crippen LogP contribution < -0.4 is 0 Å². The normalized spacial score (nSPS) is 31.4. The summed E-state index contributed by atoms with van der Waals surface area (Å²) in [6, 6.07) is 0. The third-order valence-corrected chi connectivity index (χ3v) is 1.41. The number of terminal acetylenes is 1. The van der Waals surface area contributed by atoms with E-state index in [1.165, 1.54) is 0 Å². The van der Waals surface area contributed by atoms with Gasteiger partial charge in [0.15, 0.2) is 0 Å². The first kappa shape index (κ1) is 7.10. The molecule has 0 aromatic heterocycles. The molecule has 54 valence electrons. The summed E-state index contributed by atoms with van der Waals surface area (Å²) in [5.74, 6) is 1.96. The average molecular weight is 140 g/mol. The summed E-state index contributed by atoms with van der Waals surface area (Å²) in [6.45, 7) is 0. The minimum absolute atomic E-state index is 0.0757. The Bertz CT molecular complexity index is 180. The Kier molecular flexibility index (Phi) is 1.93. The molecule has 2 atom stereocenters. The first-order valence-electron chi connectivity index (χ1n) is 3.05. The number of carbonyl (C=O) groups is 1. The van der Waals surface area contributed by atoms with E-state index in [1.807, 2.05) is 0 Å². The van der Waals surface area contributed by atoms with Crippen molar-refractivity contribution in [1.29, 1.82) is 0 Å². The molecule has 0 aliphatic carbocycles. The van der Waals surface area contributed by atoms with Crippen LogP contribution in [0.2, 0.25) is 0 Å². The van der Waals surface area contributed by atoms with Crippen LogP contribution in [-0.4, -0.2) is 23.3 Å². The summed E-state index contributed by atoms with van der Waals surface area (Å²) in [6.07, 6.45) is 4.16. The Morgan fingerprint density at radius 1 is 1.90 bits per heavy atom. The van der Waals surface area contributed by atoms with Gasteiger partial charge in [0, 0.05) is 6.42 Å². The van der Waals surface area contributed by atoms with Crippen molar-refractivity contribution in [2.24, 2.45) is 0 Å². The molecule has 1 N–H and O–H groups in total. The van der Waals surface area contributed by atoms with E-state index in [1.54, 1.807) is 0 Å². The number of hydrogen-bond acceptors (Lipinski definition) is 3. The number of rotatable bonds is 1. The molecule has 1 saturated heterocycles. The molecule has 1 heterocycles. The second kappa shape index (κ2) is 2.72. The molecule has 1 fully saturated rings. The zero-order valence-electron chi connectivity index (χ0n) is 5.41. The van der Waals surface area contributed by atoms with Crippen LogP contribution in [0.15, 0.2) is 0 Å². The van der Waals surface area contributed by atoms with E-state index < -0.39 is 12.2 Å². The van der Waals surface area contributed by atoms with Gasteiger partial charge in [-0.1, -0.05) is 0 Å². The van der Waals surface area contributed by atoms with Crippen molar-refractivity contribution < 1.29 is 14.6 Å². The van der Waals surface area contributed by atoms with E-state index in [2.05, 4.69) is 10.7 Å². The molecule has 1 aliphatic rings. The van der Waals surface area contributed by atoms with Crippen molar-refractivity contribution in [3.05, 3.63) is 0 Å². The number of aliphatic hydroxyl groups excluding tert-OH is 1. The fraction of sp³-hybridized carbons (Fsp3) is 0.571. The van der Waals surface area contributed by atoms with Crippen LogP contribution >= 0.6 is 0 Å². The largest absolute Gasteiger partial charge is 0.458 e. The van der Waals surface area contributed by atoms with Gasteiger partial charge < -0.3 is 9.84 Å². The first-order chi connectivity index (χ1) is 4.74. The van der Waals surface area contributed by atoms with Crippen LogP contribution in [0.3, 0.4) is 0 Å². The molecule has 0 bridgehead atoms. The maximum absolute atomic E-state index is 10.5. The molecule has 1 aliphatic heterocycles. The Morgan fingerprint density at radius 2 is 2.60 bits per heavy atom. The zero-order valence-corrected chi connectivity index (χ0v) is 5.41.